The van der Waals surface area contributed by atoms with E-state index in [0.717, 1.165) is 18.2 Å². The number of nitrogens with zero attached hydrogens (tertiary/aromatic N) is 1. The van der Waals surface area contributed by atoms with Crippen LogP contribution in [0, 0.1) is 15.9 Å². The van der Waals surface area contributed by atoms with Crippen molar-refractivity contribution in [2.45, 2.75) is 26.4 Å². The zero-order valence-corrected chi connectivity index (χ0v) is 16.1. The first-order chi connectivity index (χ1) is 13.5. The summed E-state index contributed by atoms with van der Waals surface area (Å²) < 4.78 is 18.7. The fraction of sp³-hybridized carbons (Fsp3) is 0.200. The number of nitrogens with one attached hydrogen (secondary N) is 2. The molecule has 2 aromatic rings. The number of rotatable bonds is 5. The van der Waals surface area contributed by atoms with Gasteiger partial charge in [0.1, 0.15) is 11.4 Å². The Morgan fingerprint density at radius 1 is 1.10 bits per heavy atom. The third-order valence-electron chi connectivity index (χ3n) is 3.42. The van der Waals surface area contributed by atoms with Crippen molar-refractivity contribution in [2.75, 3.05) is 10.6 Å². The van der Waals surface area contributed by atoms with Gasteiger partial charge in [0, 0.05) is 12.1 Å². The van der Waals surface area contributed by atoms with Crippen molar-refractivity contribution >= 4 is 35.1 Å². The summed E-state index contributed by atoms with van der Waals surface area (Å²) in [6, 6.07) is 9.33. The molecule has 152 valence electrons. The van der Waals surface area contributed by atoms with Gasteiger partial charge in [0.15, 0.2) is 0 Å². The van der Waals surface area contributed by atoms with Gasteiger partial charge in [-0.05, 0) is 51.1 Å². The Balaban J connectivity index is 2.17. The lowest BCUT2D eigenvalue weighted by atomic mass is 10.1. The van der Waals surface area contributed by atoms with Crippen LogP contribution in [-0.4, -0.2) is 22.5 Å². The van der Waals surface area contributed by atoms with E-state index in [9.17, 15) is 24.1 Å². The molecule has 29 heavy (non-hydrogen) atoms. The number of carbonyl (C=O) groups excluding carboxylic acids is 2. The normalized spacial score (nSPS) is 11.2. The van der Waals surface area contributed by atoms with Gasteiger partial charge in [-0.15, -0.1) is 0 Å². The summed E-state index contributed by atoms with van der Waals surface area (Å²) in [4.78, 5) is 34.6. The van der Waals surface area contributed by atoms with Crippen LogP contribution in [0.4, 0.5) is 26.2 Å². The van der Waals surface area contributed by atoms with Gasteiger partial charge in [-0.25, -0.2) is 9.18 Å². The summed E-state index contributed by atoms with van der Waals surface area (Å²) in [5.74, 6) is -1.29. The van der Waals surface area contributed by atoms with Gasteiger partial charge in [-0.1, -0.05) is 12.1 Å². The van der Waals surface area contributed by atoms with Crippen LogP contribution in [0.5, 0.6) is 0 Å². The Hall–Kier alpha value is -3.75. The zero-order valence-electron chi connectivity index (χ0n) is 16.1. The van der Waals surface area contributed by atoms with E-state index in [1.54, 1.807) is 26.8 Å². The van der Waals surface area contributed by atoms with Gasteiger partial charge >= 0.3 is 6.09 Å². The average Bonchev–Trinajstić information content (AvgIpc) is 2.61. The van der Waals surface area contributed by atoms with E-state index in [2.05, 4.69) is 10.6 Å². The molecule has 0 aliphatic rings. The van der Waals surface area contributed by atoms with Crippen molar-refractivity contribution in [1.29, 1.82) is 0 Å². The highest BCUT2D eigenvalue weighted by Gasteiger charge is 2.18. The molecule has 0 fully saturated rings. The molecule has 2 aromatic carbocycles. The predicted molar refractivity (Wildman–Crippen MR) is 107 cm³/mol. The van der Waals surface area contributed by atoms with Gasteiger partial charge in [-0.3, -0.25) is 20.2 Å². The lowest BCUT2D eigenvalue weighted by Crippen LogP contribution is -2.27. The number of anilines is 2. The van der Waals surface area contributed by atoms with Crippen LogP contribution in [0.25, 0.3) is 6.08 Å². The molecular weight excluding hydrogens is 381 g/mol. The maximum atomic E-state index is 13.6. The molecule has 2 N–H and O–H groups in total. The lowest BCUT2D eigenvalue weighted by Gasteiger charge is -2.20. The van der Waals surface area contributed by atoms with Crippen molar-refractivity contribution in [3.63, 3.8) is 0 Å². The van der Waals surface area contributed by atoms with Crippen molar-refractivity contribution in [3.05, 3.63) is 70.0 Å². The number of nitro benzene ring substituents is 1. The molecule has 0 unspecified atom stereocenters. The number of ether oxygens (including phenoxy) is 1. The number of carbonyl (C=O) groups is 2. The quantitative estimate of drug-likeness (QED) is 0.427. The van der Waals surface area contributed by atoms with Gasteiger partial charge < -0.3 is 10.1 Å². The van der Waals surface area contributed by atoms with Crippen molar-refractivity contribution in [2.24, 2.45) is 0 Å². The van der Waals surface area contributed by atoms with Crippen molar-refractivity contribution in [3.8, 4) is 0 Å². The molecule has 0 saturated carbocycles. The second-order valence-corrected chi connectivity index (χ2v) is 6.96. The summed E-state index contributed by atoms with van der Waals surface area (Å²) in [6.45, 7) is 5.06. The average molecular weight is 401 g/mol. The molecule has 0 atom stereocenters. The largest absolute Gasteiger partial charge is 0.444 e. The minimum atomic E-state index is -0.768. The third kappa shape index (κ3) is 6.73. The Morgan fingerprint density at radius 3 is 2.45 bits per heavy atom. The smallest absolute Gasteiger partial charge is 0.412 e. The number of nitro groups is 1. The number of para-hydroxylation sites is 1. The van der Waals surface area contributed by atoms with Gasteiger partial charge in [0.05, 0.1) is 21.9 Å². The number of hydrogen-bond donors (Lipinski definition) is 2. The van der Waals surface area contributed by atoms with E-state index in [-0.39, 0.29) is 22.6 Å². The molecule has 0 spiro atoms. The Morgan fingerprint density at radius 2 is 1.79 bits per heavy atom. The molecule has 2 amide bonds. The van der Waals surface area contributed by atoms with Crippen LogP contribution in [0.1, 0.15) is 26.3 Å². The standard InChI is InChI=1S/C20H20FN3O5/c1-20(2,3)29-19(26)23-15-10-9-14(21)12-16(15)22-18(25)11-8-13-6-4-5-7-17(13)24(27)28/h4-12H,1-3H3,(H,22,25)(H,23,26)/b11-8+. The minimum Gasteiger partial charge on any atom is -0.444 e. The second-order valence-electron chi connectivity index (χ2n) is 6.96. The molecular formula is C20H20FN3O5. The summed E-state index contributed by atoms with van der Waals surface area (Å²) in [5, 5.41) is 15.9. The number of benzene rings is 2. The monoisotopic (exact) mass is 401 g/mol. The van der Waals surface area contributed by atoms with E-state index in [1.807, 2.05) is 0 Å². The highest BCUT2D eigenvalue weighted by Crippen LogP contribution is 2.24. The number of amides is 2. The third-order valence-corrected chi connectivity index (χ3v) is 3.42. The molecule has 0 heterocycles. The molecule has 0 aliphatic heterocycles. The summed E-state index contributed by atoms with van der Waals surface area (Å²) in [5.41, 5.74) is -0.518. The van der Waals surface area contributed by atoms with Crippen LogP contribution in [0.2, 0.25) is 0 Å². The van der Waals surface area contributed by atoms with E-state index < -0.39 is 28.3 Å². The molecule has 0 saturated heterocycles. The molecule has 0 aromatic heterocycles. The van der Waals surface area contributed by atoms with Crippen LogP contribution < -0.4 is 10.6 Å². The lowest BCUT2D eigenvalue weighted by molar-refractivity contribution is -0.385. The van der Waals surface area contributed by atoms with Crippen molar-refractivity contribution < 1.29 is 23.6 Å². The summed E-state index contributed by atoms with van der Waals surface area (Å²) in [6.07, 6.45) is 1.58. The van der Waals surface area contributed by atoms with Gasteiger partial charge in [0.2, 0.25) is 5.91 Å². The van der Waals surface area contributed by atoms with Crippen LogP contribution >= 0.6 is 0 Å². The van der Waals surface area contributed by atoms with Crippen LogP contribution in [0.15, 0.2) is 48.5 Å². The van der Waals surface area contributed by atoms with Crippen LogP contribution in [-0.2, 0) is 9.53 Å². The van der Waals surface area contributed by atoms with E-state index >= 15 is 0 Å². The van der Waals surface area contributed by atoms with E-state index in [1.165, 1.54) is 30.3 Å². The molecule has 0 aliphatic carbocycles. The molecule has 8 nitrogen and oxygen atoms in total. The van der Waals surface area contributed by atoms with Gasteiger partial charge in [0.25, 0.3) is 5.69 Å². The Kier molecular flexibility index (Phi) is 6.66. The topological polar surface area (TPSA) is 111 Å². The van der Waals surface area contributed by atoms with Crippen LogP contribution in [0.3, 0.4) is 0 Å². The summed E-state index contributed by atoms with van der Waals surface area (Å²) >= 11 is 0. The Bertz CT molecular complexity index is 967. The van der Waals surface area contributed by atoms with E-state index in [0.29, 0.717) is 0 Å². The highest BCUT2D eigenvalue weighted by atomic mass is 19.1. The predicted octanol–water partition coefficient (Wildman–Crippen LogP) is 4.73. The first-order valence-corrected chi connectivity index (χ1v) is 8.57. The SMILES string of the molecule is CC(C)(C)OC(=O)Nc1ccc(F)cc1NC(=O)/C=C/c1ccccc1[N+](=O)[O-]. The van der Waals surface area contributed by atoms with Crippen molar-refractivity contribution in [1.82, 2.24) is 0 Å². The maximum absolute atomic E-state index is 13.6. The Labute approximate surface area is 166 Å². The van der Waals surface area contributed by atoms with Gasteiger partial charge in [-0.2, -0.15) is 0 Å². The molecule has 0 bridgehead atoms. The maximum Gasteiger partial charge on any atom is 0.412 e. The number of hydrogen-bond acceptors (Lipinski definition) is 5. The molecule has 0 radical (unpaired) electrons. The molecule has 9 heteroatoms. The first-order valence-electron chi connectivity index (χ1n) is 8.57. The fourth-order valence-electron chi connectivity index (χ4n) is 2.28. The summed E-state index contributed by atoms with van der Waals surface area (Å²) in [7, 11) is 0. The highest BCUT2D eigenvalue weighted by molar-refractivity contribution is 6.05. The zero-order chi connectivity index (χ0) is 21.6. The second kappa shape index (κ2) is 8.96. The first kappa shape index (κ1) is 21.5. The minimum absolute atomic E-state index is 0.00747. The molecule has 2 rings (SSSR count). The van der Waals surface area contributed by atoms with E-state index in [4.69, 9.17) is 4.74 Å². The number of halogens is 1. The fourth-order valence-corrected chi connectivity index (χ4v) is 2.28.